The molecule has 0 radical (unpaired) electrons. The lowest BCUT2D eigenvalue weighted by Crippen LogP contribution is -2.57. The zero-order chi connectivity index (χ0) is 14.5. The Bertz CT molecular complexity index is 269. The molecule has 2 rings (SSSR count). The normalized spacial score (nSPS) is 29.1. The Kier molecular flexibility index (Phi) is 6.31. The Morgan fingerprint density at radius 3 is 2.15 bits per heavy atom. The molecule has 0 amide bonds. The minimum Gasteiger partial charge on any atom is -0.316 e. The van der Waals surface area contributed by atoms with Crippen molar-refractivity contribution in [1.29, 1.82) is 0 Å². The molecule has 2 atom stereocenters. The van der Waals surface area contributed by atoms with Crippen LogP contribution < -0.4 is 5.32 Å². The van der Waals surface area contributed by atoms with Gasteiger partial charge in [0.1, 0.15) is 0 Å². The molecule has 1 N–H and O–H groups in total. The van der Waals surface area contributed by atoms with Crippen LogP contribution >= 0.6 is 0 Å². The van der Waals surface area contributed by atoms with Crippen LogP contribution in [0.5, 0.6) is 0 Å². The Balaban J connectivity index is 1.66. The Morgan fingerprint density at radius 1 is 0.950 bits per heavy atom. The van der Waals surface area contributed by atoms with Crippen LogP contribution in [-0.2, 0) is 0 Å². The number of nitrogens with one attached hydrogen (secondary N) is 1. The number of nitrogens with zero attached hydrogens (tertiary/aromatic N) is 2. The molecular weight excluding hydrogens is 246 g/mol. The van der Waals surface area contributed by atoms with Crippen molar-refractivity contribution in [3.8, 4) is 0 Å². The van der Waals surface area contributed by atoms with Gasteiger partial charge < -0.3 is 10.2 Å². The molecule has 3 nitrogen and oxygen atoms in total. The highest BCUT2D eigenvalue weighted by molar-refractivity contribution is 4.92. The van der Waals surface area contributed by atoms with Crippen LogP contribution in [0.2, 0.25) is 0 Å². The Hall–Kier alpha value is -0.120. The van der Waals surface area contributed by atoms with Crippen molar-refractivity contribution in [3.63, 3.8) is 0 Å². The quantitative estimate of drug-likeness (QED) is 0.772. The van der Waals surface area contributed by atoms with Crippen molar-refractivity contribution < 1.29 is 0 Å². The van der Waals surface area contributed by atoms with Gasteiger partial charge in [-0.05, 0) is 43.7 Å². The van der Waals surface area contributed by atoms with E-state index in [1.807, 2.05) is 0 Å². The van der Waals surface area contributed by atoms with Gasteiger partial charge in [0.05, 0.1) is 0 Å². The van der Waals surface area contributed by atoms with E-state index in [1.54, 1.807) is 0 Å². The lowest BCUT2D eigenvalue weighted by molar-refractivity contribution is 0.0183. The first-order valence-electron chi connectivity index (χ1n) is 8.73. The average Bonchev–Trinajstić information content (AvgIpc) is 2.34. The lowest BCUT2D eigenvalue weighted by atomic mass is 9.78. The van der Waals surface area contributed by atoms with Gasteiger partial charge in [-0.15, -0.1) is 0 Å². The van der Waals surface area contributed by atoms with Gasteiger partial charge in [0.25, 0.3) is 0 Å². The molecule has 1 saturated carbocycles. The monoisotopic (exact) mass is 281 g/mol. The molecule has 0 spiro atoms. The topological polar surface area (TPSA) is 18.5 Å². The molecule has 1 aliphatic carbocycles. The first-order valence-corrected chi connectivity index (χ1v) is 8.73. The number of piperazine rings is 1. The molecule has 1 heterocycles. The van der Waals surface area contributed by atoms with Gasteiger partial charge in [-0.3, -0.25) is 4.90 Å². The third-order valence-electron chi connectivity index (χ3n) is 4.84. The summed E-state index contributed by atoms with van der Waals surface area (Å²) >= 11 is 0. The van der Waals surface area contributed by atoms with Crippen molar-refractivity contribution in [2.24, 2.45) is 17.8 Å². The number of rotatable bonds is 7. The van der Waals surface area contributed by atoms with Crippen molar-refractivity contribution in [2.45, 2.75) is 46.6 Å². The number of hydrogen-bond donors (Lipinski definition) is 1. The van der Waals surface area contributed by atoms with Crippen molar-refractivity contribution >= 4 is 0 Å². The lowest BCUT2D eigenvalue weighted by Gasteiger charge is -2.48. The molecule has 2 fully saturated rings. The van der Waals surface area contributed by atoms with Crippen LogP contribution in [0.4, 0.5) is 0 Å². The second-order valence-corrected chi connectivity index (χ2v) is 7.69. The van der Waals surface area contributed by atoms with Crippen molar-refractivity contribution in [2.75, 3.05) is 45.8 Å². The molecule has 0 aromatic rings. The first kappa shape index (κ1) is 16.3. The predicted molar refractivity (Wildman–Crippen MR) is 87.1 cm³/mol. The summed E-state index contributed by atoms with van der Waals surface area (Å²) < 4.78 is 0. The molecule has 1 saturated heterocycles. The molecule has 2 unspecified atom stereocenters. The van der Waals surface area contributed by atoms with E-state index in [0.717, 1.165) is 23.8 Å². The van der Waals surface area contributed by atoms with E-state index in [1.165, 1.54) is 58.7 Å². The summed E-state index contributed by atoms with van der Waals surface area (Å²) in [5, 5.41) is 3.65. The zero-order valence-electron chi connectivity index (χ0n) is 14.1. The average molecular weight is 281 g/mol. The maximum absolute atomic E-state index is 3.65. The largest absolute Gasteiger partial charge is 0.316 e. The summed E-state index contributed by atoms with van der Waals surface area (Å²) in [6.07, 6.45) is 2.86. The smallest absolute Gasteiger partial charge is 0.0137 e. The van der Waals surface area contributed by atoms with E-state index >= 15 is 0 Å². The van der Waals surface area contributed by atoms with E-state index in [9.17, 15) is 0 Å². The van der Waals surface area contributed by atoms with Crippen LogP contribution in [0.15, 0.2) is 0 Å². The SMILES string of the molecule is CC(C)CNCC1CCC1N1CCN(CC(C)C)CC1. The van der Waals surface area contributed by atoms with Gasteiger partial charge >= 0.3 is 0 Å². The molecule has 20 heavy (non-hydrogen) atoms. The van der Waals surface area contributed by atoms with Crippen LogP contribution in [-0.4, -0.2) is 61.7 Å². The molecular formula is C17H35N3. The molecule has 0 aromatic heterocycles. The minimum atomic E-state index is 0.771. The Morgan fingerprint density at radius 2 is 1.65 bits per heavy atom. The molecule has 118 valence electrons. The standard InChI is InChI=1S/C17H35N3/c1-14(2)11-18-12-16-5-6-17(16)20-9-7-19(8-10-20)13-15(3)4/h14-18H,5-13H2,1-4H3. The van der Waals surface area contributed by atoms with Crippen molar-refractivity contribution in [1.82, 2.24) is 15.1 Å². The maximum atomic E-state index is 3.65. The predicted octanol–water partition coefficient (Wildman–Crippen LogP) is 2.28. The maximum Gasteiger partial charge on any atom is 0.0137 e. The van der Waals surface area contributed by atoms with Gasteiger partial charge in [-0.25, -0.2) is 0 Å². The van der Waals surface area contributed by atoms with Gasteiger partial charge in [0, 0.05) is 38.8 Å². The summed E-state index contributed by atoms with van der Waals surface area (Å²) in [6.45, 7) is 18.1. The van der Waals surface area contributed by atoms with Crippen LogP contribution in [0.3, 0.4) is 0 Å². The summed E-state index contributed by atoms with van der Waals surface area (Å²) in [6, 6.07) is 0.871. The van der Waals surface area contributed by atoms with E-state index in [4.69, 9.17) is 0 Å². The summed E-state index contributed by atoms with van der Waals surface area (Å²) in [7, 11) is 0. The summed E-state index contributed by atoms with van der Waals surface area (Å²) in [5.41, 5.74) is 0. The highest BCUT2D eigenvalue weighted by Crippen LogP contribution is 2.32. The third kappa shape index (κ3) is 4.71. The summed E-state index contributed by atoms with van der Waals surface area (Å²) in [5.74, 6) is 2.48. The zero-order valence-corrected chi connectivity index (χ0v) is 14.1. The van der Waals surface area contributed by atoms with E-state index in [-0.39, 0.29) is 0 Å². The van der Waals surface area contributed by atoms with Gasteiger partial charge in [0.15, 0.2) is 0 Å². The molecule has 1 aliphatic heterocycles. The van der Waals surface area contributed by atoms with Gasteiger partial charge in [-0.2, -0.15) is 0 Å². The van der Waals surface area contributed by atoms with E-state index < -0.39 is 0 Å². The number of hydrogen-bond acceptors (Lipinski definition) is 3. The molecule has 3 heteroatoms. The minimum absolute atomic E-state index is 0.771. The second kappa shape index (κ2) is 7.77. The van der Waals surface area contributed by atoms with Crippen LogP contribution in [0, 0.1) is 17.8 Å². The first-order chi connectivity index (χ1) is 9.56. The second-order valence-electron chi connectivity index (χ2n) is 7.69. The van der Waals surface area contributed by atoms with Crippen LogP contribution in [0.25, 0.3) is 0 Å². The summed E-state index contributed by atoms with van der Waals surface area (Å²) in [4.78, 5) is 5.41. The van der Waals surface area contributed by atoms with E-state index in [0.29, 0.717) is 0 Å². The highest BCUT2D eigenvalue weighted by Gasteiger charge is 2.36. The molecule has 2 aliphatic rings. The van der Waals surface area contributed by atoms with Crippen LogP contribution in [0.1, 0.15) is 40.5 Å². The van der Waals surface area contributed by atoms with Gasteiger partial charge in [-0.1, -0.05) is 27.7 Å². The van der Waals surface area contributed by atoms with E-state index in [2.05, 4.69) is 42.8 Å². The fraction of sp³-hybridized carbons (Fsp3) is 1.00. The fourth-order valence-corrected chi connectivity index (χ4v) is 3.62. The Labute approximate surface area is 126 Å². The van der Waals surface area contributed by atoms with Gasteiger partial charge in [0.2, 0.25) is 0 Å². The fourth-order valence-electron chi connectivity index (χ4n) is 3.62. The molecule has 0 bridgehead atoms. The highest BCUT2D eigenvalue weighted by atomic mass is 15.3. The third-order valence-corrected chi connectivity index (χ3v) is 4.84. The van der Waals surface area contributed by atoms with Crippen molar-refractivity contribution in [3.05, 3.63) is 0 Å². The molecule has 0 aromatic carbocycles.